The molecule has 3 nitrogen and oxygen atoms in total. The van der Waals surface area contributed by atoms with Crippen LogP contribution in [0.2, 0.25) is 0 Å². The predicted octanol–water partition coefficient (Wildman–Crippen LogP) is 17.6. The Balaban J connectivity index is 1.20. The van der Waals surface area contributed by atoms with Gasteiger partial charge in [0.05, 0.1) is 17.0 Å². The first kappa shape index (κ1) is 48.2. The zero-order chi connectivity index (χ0) is 52.2. The highest BCUT2D eigenvalue weighted by Crippen LogP contribution is 2.59. The Bertz CT molecular complexity index is 3520. The Kier molecular flexibility index (Phi) is 9.85. The van der Waals surface area contributed by atoms with Gasteiger partial charge in [-0.1, -0.05) is 159 Å². The molecule has 2 bridgehead atoms. The maximum atomic E-state index is 7.85. The van der Waals surface area contributed by atoms with Gasteiger partial charge >= 0.3 is 0 Å². The van der Waals surface area contributed by atoms with Gasteiger partial charge in [0, 0.05) is 33.7 Å². The Morgan fingerprint density at radius 2 is 0.986 bits per heavy atom. The number of nitrogens with zero attached hydrogens (tertiary/aromatic N) is 2. The third-order valence-corrected chi connectivity index (χ3v) is 20.7. The Hall–Kier alpha value is -5.48. The van der Waals surface area contributed by atoms with Crippen molar-refractivity contribution in [2.45, 2.75) is 205 Å². The zero-order valence-corrected chi connectivity index (χ0v) is 47.9. The van der Waals surface area contributed by atoms with Gasteiger partial charge in [-0.3, -0.25) is 0 Å². The molecular formula is C70H81BN2O. The average Bonchev–Trinajstić information content (AvgIpc) is 3.72. The van der Waals surface area contributed by atoms with E-state index >= 15 is 0 Å². The van der Waals surface area contributed by atoms with E-state index in [2.05, 4.69) is 224 Å². The Morgan fingerprint density at radius 3 is 1.58 bits per heavy atom. The van der Waals surface area contributed by atoms with Crippen molar-refractivity contribution in [2.75, 3.05) is 9.80 Å². The van der Waals surface area contributed by atoms with Crippen LogP contribution in [0, 0.1) is 0 Å². The van der Waals surface area contributed by atoms with E-state index in [1.165, 1.54) is 133 Å². The summed E-state index contributed by atoms with van der Waals surface area (Å²) >= 11 is 0. The van der Waals surface area contributed by atoms with Crippen molar-refractivity contribution in [3.05, 3.63) is 148 Å². The van der Waals surface area contributed by atoms with Crippen molar-refractivity contribution in [2.24, 2.45) is 0 Å². The number of furan rings is 1. The van der Waals surface area contributed by atoms with E-state index in [0.717, 1.165) is 30.5 Å². The number of hydrogen-bond donors (Lipinski definition) is 0. The summed E-state index contributed by atoms with van der Waals surface area (Å²) in [4.78, 5) is 5.42. The van der Waals surface area contributed by atoms with Crippen LogP contribution in [0.5, 0.6) is 0 Å². The lowest BCUT2D eigenvalue weighted by atomic mass is 9.35. The van der Waals surface area contributed by atoms with Gasteiger partial charge in [-0.2, -0.15) is 0 Å². The van der Waals surface area contributed by atoms with E-state index in [0.29, 0.717) is 0 Å². The van der Waals surface area contributed by atoms with Crippen LogP contribution in [0.1, 0.15) is 207 Å². The maximum absolute atomic E-state index is 7.85. The standard InChI is InChI=1S/C70H81BN2O/c1-63(2,3)43-22-25-55(46(34-43)42-20-18-17-19-21-42)73-56-40-51-50(67(11,12)28-29-68(51,13)14)39-54(56)71-60-57(35-44(36-58(60)73)64(4,5)6)72(45-23-24-48-49(37-45)66(9,10)27-26-65(48,7)8)61-47-38-52-53(41-59(47)74-62(61)71)70(16)32-30-69(52,15)31-33-70/h17-25,34-41H,26-33H2,1-16H3. The van der Waals surface area contributed by atoms with E-state index in [9.17, 15) is 0 Å². The molecule has 0 saturated heterocycles. The van der Waals surface area contributed by atoms with E-state index in [4.69, 9.17) is 4.42 Å². The summed E-state index contributed by atoms with van der Waals surface area (Å²) in [6.07, 6.45) is 9.63. The van der Waals surface area contributed by atoms with Crippen LogP contribution >= 0.6 is 0 Å². The van der Waals surface area contributed by atoms with E-state index in [1.807, 2.05) is 0 Å². The van der Waals surface area contributed by atoms with Crippen LogP contribution in [0.3, 0.4) is 0 Å². The SMILES string of the molecule is CC(C)(C)c1ccc(N2c3cc4c(cc3B3c5oc6cc7c(cc6c5N(c5ccc6c(c5)C(C)(C)CCC6(C)C)c5cc(C(C)(C)C)cc2c53)C2(C)CCC7(C)CC2)C(C)(C)CCC4(C)C)c(-c2ccccc2)c1. The van der Waals surface area contributed by atoms with Crippen molar-refractivity contribution in [3.8, 4) is 11.1 Å². The summed E-state index contributed by atoms with van der Waals surface area (Å²) in [6, 6.07) is 41.8. The van der Waals surface area contributed by atoms with Crippen LogP contribution in [0.4, 0.5) is 34.1 Å². The van der Waals surface area contributed by atoms with Crippen molar-refractivity contribution < 1.29 is 4.42 Å². The largest absolute Gasteiger partial charge is 0.468 e. The van der Waals surface area contributed by atoms with Gasteiger partial charge in [0.15, 0.2) is 0 Å². The molecule has 7 aromatic rings. The number of rotatable bonds is 3. The predicted molar refractivity (Wildman–Crippen MR) is 317 cm³/mol. The summed E-state index contributed by atoms with van der Waals surface area (Å²) in [6.45, 7) is 39.1. The van der Waals surface area contributed by atoms with Crippen LogP contribution in [0.15, 0.2) is 108 Å². The summed E-state index contributed by atoms with van der Waals surface area (Å²) in [5.74, 6) is 0. The second kappa shape index (κ2) is 15.1. The van der Waals surface area contributed by atoms with Gasteiger partial charge in [-0.05, 0) is 210 Å². The van der Waals surface area contributed by atoms with Gasteiger partial charge in [0.1, 0.15) is 5.58 Å². The first-order valence-electron chi connectivity index (χ1n) is 28.5. The molecule has 1 saturated carbocycles. The molecule has 0 N–H and O–H groups in total. The lowest BCUT2D eigenvalue weighted by Crippen LogP contribution is -2.61. The minimum Gasteiger partial charge on any atom is -0.468 e. The van der Waals surface area contributed by atoms with Crippen molar-refractivity contribution in [3.63, 3.8) is 0 Å². The highest BCUT2D eigenvalue weighted by molar-refractivity contribution is 7.00. The molecule has 0 radical (unpaired) electrons. The normalized spacial score (nSPS) is 23.4. The molecule has 7 aliphatic rings. The van der Waals surface area contributed by atoms with Gasteiger partial charge in [0.2, 0.25) is 0 Å². The van der Waals surface area contributed by atoms with E-state index in [1.54, 1.807) is 5.56 Å². The molecule has 1 aromatic heterocycles. The molecule has 0 spiro atoms. The van der Waals surface area contributed by atoms with Gasteiger partial charge < -0.3 is 14.2 Å². The van der Waals surface area contributed by atoms with Crippen molar-refractivity contribution in [1.82, 2.24) is 0 Å². The van der Waals surface area contributed by atoms with Crippen LogP contribution in [-0.2, 0) is 43.3 Å². The fourth-order valence-electron chi connectivity index (χ4n) is 15.2. The number of anilines is 6. The summed E-state index contributed by atoms with van der Waals surface area (Å²) in [5.41, 5.74) is 26.8. The van der Waals surface area contributed by atoms with E-state index in [-0.39, 0.29) is 50.0 Å². The third-order valence-electron chi connectivity index (χ3n) is 20.7. The first-order chi connectivity index (χ1) is 34.6. The van der Waals surface area contributed by atoms with Crippen molar-refractivity contribution >= 4 is 68.4 Å². The summed E-state index contributed by atoms with van der Waals surface area (Å²) in [7, 11) is 0. The highest BCUT2D eigenvalue weighted by Gasteiger charge is 2.52. The zero-order valence-electron chi connectivity index (χ0n) is 47.9. The fraction of sp³-hybridized carbons (Fsp3) is 0.457. The number of fused-ring (bicyclic) bond motifs is 10. The number of benzene rings is 6. The molecule has 5 aliphatic carbocycles. The molecule has 74 heavy (non-hydrogen) atoms. The van der Waals surface area contributed by atoms with Crippen LogP contribution in [-0.4, -0.2) is 6.71 Å². The summed E-state index contributed by atoms with van der Waals surface area (Å²) < 4.78 is 7.85. The quantitative estimate of drug-likeness (QED) is 0.165. The maximum Gasteiger partial charge on any atom is 0.297 e. The fourth-order valence-corrected chi connectivity index (χ4v) is 15.2. The van der Waals surface area contributed by atoms with Crippen LogP contribution in [0.25, 0.3) is 22.1 Å². The van der Waals surface area contributed by atoms with E-state index < -0.39 is 0 Å². The first-order valence-corrected chi connectivity index (χ1v) is 28.5. The van der Waals surface area contributed by atoms with Gasteiger partial charge in [0.25, 0.3) is 6.71 Å². The molecule has 14 rings (SSSR count). The van der Waals surface area contributed by atoms with Crippen molar-refractivity contribution in [1.29, 1.82) is 0 Å². The smallest absolute Gasteiger partial charge is 0.297 e. The molecule has 380 valence electrons. The molecule has 4 heteroatoms. The minimum absolute atomic E-state index is 0.00984. The lowest BCUT2D eigenvalue weighted by molar-refractivity contribution is 0.188. The lowest BCUT2D eigenvalue weighted by Gasteiger charge is -2.52. The van der Waals surface area contributed by atoms with Gasteiger partial charge in [-0.25, -0.2) is 0 Å². The topological polar surface area (TPSA) is 19.6 Å². The van der Waals surface area contributed by atoms with Gasteiger partial charge in [-0.15, -0.1) is 0 Å². The second-order valence-electron chi connectivity index (χ2n) is 29.7. The Labute approximate surface area is 444 Å². The second-order valence-corrected chi connectivity index (χ2v) is 29.7. The third kappa shape index (κ3) is 6.83. The minimum atomic E-state index is -0.151. The number of hydrogen-bond acceptors (Lipinski definition) is 3. The van der Waals surface area contributed by atoms with Crippen LogP contribution < -0.4 is 26.4 Å². The molecule has 0 unspecified atom stereocenters. The molecule has 6 aromatic carbocycles. The molecule has 0 amide bonds. The molecule has 0 atom stereocenters. The molecule has 2 aliphatic heterocycles. The molecule has 3 heterocycles. The Morgan fingerprint density at radius 1 is 0.446 bits per heavy atom. The molecule has 1 fully saturated rings. The average molecular weight is 977 g/mol. The summed E-state index contributed by atoms with van der Waals surface area (Å²) in [5, 5.41) is 1.26. The highest BCUT2D eigenvalue weighted by atomic mass is 16.3. The molecular weight excluding hydrogens is 896 g/mol. The monoisotopic (exact) mass is 977 g/mol.